The third-order valence-electron chi connectivity index (χ3n) is 5.68. The minimum atomic E-state index is -0.00775. The second-order valence-corrected chi connectivity index (χ2v) is 8.79. The second kappa shape index (κ2) is 11.0. The number of ether oxygens (including phenoxy) is 1. The van der Waals surface area contributed by atoms with Crippen LogP contribution in [-0.2, 0) is 17.9 Å². The highest BCUT2D eigenvalue weighted by atomic mass is 35.5. The van der Waals surface area contributed by atoms with E-state index < -0.39 is 0 Å². The number of likely N-dealkylation sites (tertiary alicyclic amines) is 1. The van der Waals surface area contributed by atoms with Crippen LogP contribution in [0.3, 0.4) is 0 Å². The van der Waals surface area contributed by atoms with Crippen molar-refractivity contribution in [3.05, 3.63) is 64.0 Å². The van der Waals surface area contributed by atoms with Gasteiger partial charge in [-0.3, -0.25) is 9.69 Å². The summed E-state index contributed by atoms with van der Waals surface area (Å²) < 4.78 is 11.1. The highest BCUT2D eigenvalue weighted by Crippen LogP contribution is 2.29. The fourth-order valence-electron chi connectivity index (χ4n) is 3.92. The number of hydrogen-bond acceptors (Lipinski definition) is 6. The third kappa shape index (κ3) is 6.05. The van der Waals surface area contributed by atoms with Crippen LogP contribution in [0.25, 0.3) is 11.4 Å². The van der Waals surface area contributed by atoms with Crippen molar-refractivity contribution in [2.45, 2.75) is 32.9 Å². The van der Waals surface area contributed by atoms with Crippen LogP contribution in [0.2, 0.25) is 10.0 Å². The molecule has 1 fully saturated rings. The number of hydrogen-bond donors (Lipinski definition) is 1. The second-order valence-electron chi connectivity index (χ2n) is 7.94. The average molecular weight is 489 g/mol. The largest absolute Gasteiger partial charge is 0.494 e. The number of aromatic nitrogens is 2. The van der Waals surface area contributed by atoms with Crippen molar-refractivity contribution in [1.82, 2.24) is 20.4 Å². The first-order valence-corrected chi connectivity index (χ1v) is 11.8. The summed E-state index contributed by atoms with van der Waals surface area (Å²) in [5.74, 6) is 1.85. The number of nitrogens with zero attached hydrogens (tertiary/aromatic N) is 3. The molecule has 1 amide bonds. The molecule has 0 radical (unpaired) electrons. The predicted molar refractivity (Wildman–Crippen MR) is 127 cm³/mol. The molecule has 0 bridgehead atoms. The molecule has 1 aliphatic heterocycles. The standard InChI is InChI=1S/C24H26Cl2N4O3/c1-2-32-21-6-4-3-5-17(21)14-27-24(31)16-9-11-30(12-10-16)15-22-28-23(29-33-22)19-8-7-18(25)13-20(19)26/h3-8,13,16H,2,9-12,14-15H2,1H3,(H,27,31). The minimum absolute atomic E-state index is 0.00775. The smallest absolute Gasteiger partial charge is 0.241 e. The molecule has 4 rings (SSSR count). The average Bonchev–Trinajstić information content (AvgIpc) is 3.27. The van der Waals surface area contributed by atoms with Gasteiger partial charge in [0.2, 0.25) is 17.6 Å². The molecular formula is C24H26Cl2N4O3. The van der Waals surface area contributed by atoms with Crippen LogP contribution >= 0.6 is 23.2 Å². The third-order valence-corrected chi connectivity index (χ3v) is 6.23. The molecule has 2 heterocycles. The molecule has 33 heavy (non-hydrogen) atoms. The van der Waals surface area contributed by atoms with E-state index in [1.807, 2.05) is 31.2 Å². The van der Waals surface area contributed by atoms with E-state index in [9.17, 15) is 4.79 Å². The molecule has 1 N–H and O–H groups in total. The Balaban J connectivity index is 1.26. The maximum atomic E-state index is 12.7. The quantitative estimate of drug-likeness (QED) is 0.481. The van der Waals surface area contributed by atoms with E-state index in [-0.39, 0.29) is 11.8 Å². The van der Waals surface area contributed by atoms with Crippen molar-refractivity contribution in [2.24, 2.45) is 5.92 Å². The van der Waals surface area contributed by atoms with Crippen LogP contribution in [0.1, 0.15) is 31.2 Å². The summed E-state index contributed by atoms with van der Waals surface area (Å²) in [6.07, 6.45) is 1.56. The molecule has 0 spiro atoms. The SMILES string of the molecule is CCOc1ccccc1CNC(=O)C1CCN(Cc2nc(-c3ccc(Cl)cc3Cl)no2)CC1. The van der Waals surface area contributed by atoms with Gasteiger partial charge in [0.05, 0.1) is 18.2 Å². The first-order chi connectivity index (χ1) is 16.0. The Hall–Kier alpha value is -2.61. The fraction of sp³-hybridized carbons (Fsp3) is 0.375. The number of para-hydroxylation sites is 1. The van der Waals surface area contributed by atoms with Crippen molar-refractivity contribution < 1.29 is 14.1 Å². The van der Waals surface area contributed by atoms with Gasteiger partial charge in [-0.15, -0.1) is 0 Å². The number of amides is 1. The number of piperidine rings is 1. The molecule has 1 aromatic heterocycles. The Morgan fingerprint density at radius 1 is 1.21 bits per heavy atom. The van der Waals surface area contributed by atoms with Crippen LogP contribution in [0.4, 0.5) is 0 Å². The van der Waals surface area contributed by atoms with Gasteiger partial charge in [0.1, 0.15) is 5.75 Å². The predicted octanol–water partition coefficient (Wildman–Crippen LogP) is 4.97. The zero-order chi connectivity index (χ0) is 23.2. The number of benzene rings is 2. The van der Waals surface area contributed by atoms with Gasteiger partial charge in [0.15, 0.2) is 0 Å². The fourth-order valence-corrected chi connectivity index (χ4v) is 4.41. The van der Waals surface area contributed by atoms with Crippen molar-refractivity contribution in [3.8, 4) is 17.1 Å². The Morgan fingerprint density at radius 3 is 2.76 bits per heavy atom. The number of carbonyl (C=O) groups is 1. The van der Waals surface area contributed by atoms with Gasteiger partial charge in [-0.05, 0) is 57.1 Å². The Morgan fingerprint density at radius 2 is 2.00 bits per heavy atom. The molecule has 0 saturated carbocycles. The molecule has 9 heteroatoms. The van der Waals surface area contributed by atoms with Gasteiger partial charge >= 0.3 is 0 Å². The number of nitrogens with one attached hydrogen (secondary N) is 1. The van der Waals surface area contributed by atoms with Crippen LogP contribution in [-0.4, -0.2) is 40.6 Å². The van der Waals surface area contributed by atoms with Crippen LogP contribution < -0.4 is 10.1 Å². The van der Waals surface area contributed by atoms with Crippen LogP contribution in [0.5, 0.6) is 5.75 Å². The molecule has 2 aromatic carbocycles. The molecular weight excluding hydrogens is 463 g/mol. The summed E-state index contributed by atoms with van der Waals surface area (Å²) in [4.78, 5) is 19.4. The van der Waals surface area contributed by atoms with Crippen molar-refractivity contribution in [2.75, 3.05) is 19.7 Å². The molecule has 1 aliphatic rings. The first-order valence-electron chi connectivity index (χ1n) is 11.0. The van der Waals surface area contributed by atoms with E-state index in [1.54, 1.807) is 18.2 Å². The lowest BCUT2D eigenvalue weighted by Crippen LogP contribution is -2.40. The van der Waals surface area contributed by atoms with Gasteiger partial charge in [0.25, 0.3) is 0 Å². The molecule has 1 saturated heterocycles. The summed E-state index contributed by atoms with van der Waals surface area (Å²) in [6.45, 7) is 5.12. The normalized spacial score (nSPS) is 14.9. The Bertz CT molecular complexity index is 1100. The molecule has 0 unspecified atom stereocenters. The van der Waals surface area contributed by atoms with Gasteiger partial charge in [-0.2, -0.15) is 4.98 Å². The molecule has 0 atom stereocenters. The van der Waals surface area contributed by atoms with Crippen molar-refractivity contribution in [1.29, 1.82) is 0 Å². The first kappa shape index (κ1) is 23.5. The summed E-state index contributed by atoms with van der Waals surface area (Å²) in [5.41, 5.74) is 1.66. The number of halogens is 2. The van der Waals surface area contributed by atoms with Crippen molar-refractivity contribution >= 4 is 29.1 Å². The monoisotopic (exact) mass is 488 g/mol. The van der Waals surface area contributed by atoms with E-state index in [0.717, 1.165) is 37.2 Å². The van der Waals surface area contributed by atoms with E-state index in [0.29, 0.717) is 47.0 Å². The Labute approximate surface area is 203 Å². The summed E-state index contributed by atoms with van der Waals surface area (Å²) in [5, 5.41) is 8.14. The molecule has 174 valence electrons. The van der Waals surface area contributed by atoms with E-state index in [1.165, 1.54) is 0 Å². The summed E-state index contributed by atoms with van der Waals surface area (Å²) >= 11 is 12.2. The number of carbonyl (C=O) groups excluding carboxylic acids is 1. The van der Waals surface area contributed by atoms with Crippen LogP contribution in [0.15, 0.2) is 47.0 Å². The molecule has 3 aromatic rings. The number of rotatable bonds is 8. The van der Waals surface area contributed by atoms with E-state index >= 15 is 0 Å². The Kier molecular flexibility index (Phi) is 7.85. The van der Waals surface area contributed by atoms with E-state index in [2.05, 4.69) is 20.4 Å². The maximum absolute atomic E-state index is 12.7. The zero-order valence-corrected chi connectivity index (χ0v) is 19.9. The molecule has 0 aliphatic carbocycles. The van der Waals surface area contributed by atoms with Gasteiger partial charge in [-0.1, -0.05) is 46.6 Å². The lowest BCUT2D eigenvalue weighted by Gasteiger charge is -2.30. The highest BCUT2D eigenvalue weighted by Gasteiger charge is 2.26. The summed E-state index contributed by atoms with van der Waals surface area (Å²) in [7, 11) is 0. The molecule has 7 nitrogen and oxygen atoms in total. The summed E-state index contributed by atoms with van der Waals surface area (Å²) in [6, 6.07) is 13.0. The van der Waals surface area contributed by atoms with Gasteiger partial charge in [-0.25, -0.2) is 0 Å². The topological polar surface area (TPSA) is 80.5 Å². The van der Waals surface area contributed by atoms with Gasteiger partial charge in [0, 0.05) is 28.6 Å². The lowest BCUT2D eigenvalue weighted by molar-refractivity contribution is -0.126. The lowest BCUT2D eigenvalue weighted by atomic mass is 9.96. The van der Waals surface area contributed by atoms with Crippen molar-refractivity contribution in [3.63, 3.8) is 0 Å². The highest BCUT2D eigenvalue weighted by molar-refractivity contribution is 6.36. The maximum Gasteiger partial charge on any atom is 0.241 e. The van der Waals surface area contributed by atoms with E-state index in [4.69, 9.17) is 32.5 Å². The minimum Gasteiger partial charge on any atom is -0.494 e. The van der Waals surface area contributed by atoms with Gasteiger partial charge < -0.3 is 14.6 Å². The van der Waals surface area contributed by atoms with Crippen LogP contribution in [0, 0.1) is 5.92 Å². The zero-order valence-electron chi connectivity index (χ0n) is 18.4.